The highest BCUT2D eigenvalue weighted by Gasteiger charge is 2.28. The van der Waals surface area contributed by atoms with Gasteiger partial charge in [0.1, 0.15) is 0 Å². The summed E-state index contributed by atoms with van der Waals surface area (Å²) in [4.78, 5) is 4.44. The Kier molecular flexibility index (Phi) is 7.00. The molecule has 9 heteroatoms. The zero-order valence-corrected chi connectivity index (χ0v) is 19.3. The number of anilines is 1. The number of benzene rings is 2. The number of nitrogens with one attached hydrogen (secondary N) is 1. The molecule has 1 N–H and O–H groups in total. The van der Waals surface area contributed by atoms with Crippen molar-refractivity contribution in [1.82, 2.24) is 4.98 Å². The van der Waals surface area contributed by atoms with Gasteiger partial charge in [-0.15, -0.1) is 0 Å². The molecule has 2 aromatic carbocycles. The van der Waals surface area contributed by atoms with Crippen LogP contribution in [0.1, 0.15) is 24.3 Å². The van der Waals surface area contributed by atoms with Crippen molar-refractivity contribution in [2.45, 2.75) is 28.9 Å². The summed E-state index contributed by atoms with van der Waals surface area (Å²) in [7, 11) is -0.745. The smallest absolute Gasteiger partial charge is 0.233 e. The molecule has 0 amide bonds. The summed E-state index contributed by atoms with van der Waals surface area (Å²) in [6, 6.07) is 13.6. The van der Waals surface area contributed by atoms with Gasteiger partial charge in [0.2, 0.25) is 26.6 Å². The van der Waals surface area contributed by atoms with Crippen molar-refractivity contribution < 1.29 is 27.0 Å². The van der Waals surface area contributed by atoms with Crippen LogP contribution in [0.5, 0.6) is 11.5 Å². The molecule has 1 atom stereocenters. The van der Waals surface area contributed by atoms with Crippen molar-refractivity contribution in [2.24, 2.45) is 0 Å². The molecule has 8 nitrogen and oxygen atoms in total. The Hall–Kier alpha value is -3.30. The maximum Gasteiger partial charge on any atom is 0.233 e. The Balaban J connectivity index is 1.64. The van der Waals surface area contributed by atoms with Gasteiger partial charge in [0, 0.05) is 19.2 Å². The van der Waals surface area contributed by atoms with E-state index in [2.05, 4.69) is 10.3 Å². The van der Waals surface area contributed by atoms with Crippen LogP contribution in [0.3, 0.4) is 0 Å². The first-order chi connectivity index (χ1) is 16.0. The first kappa shape index (κ1) is 22.9. The molecule has 1 aliphatic heterocycles. The van der Waals surface area contributed by atoms with Crippen LogP contribution in [0.4, 0.5) is 5.88 Å². The van der Waals surface area contributed by atoms with Gasteiger partial charge >= 0.3 is 0 Å². The summed E-state index contributed by atoms with van der Waals surface area (Å²) < 4.78 is 48.5. The number of rotatable bonds is 9. The molecule has 1 fully saturated rings. The molecule has 1 unspecified atom stereocenters. The average Bonchev–Trinajstić information content (AvgIpc) is 3.52. The van der Waals surface area contributed by atoms with Crippen LogP contribution in [-0.4, -0.2) is 46.9 Å². The van der Waals surface area contributed by atoms with Crippen LogP contribution in [0.25, 0.3) is 12.2 Å². The number of oxazole rings is 1. The molecule has 0 bridgehead atoms. The summed E-state index contributed by atoms with van der Waals surface area (Å²) in [5.74, 6) is 1.45. The van der Waals surface area contributed by atoms with E-state index in [9.17, 15) is 8.42 Å². The fourth-order valence-corrected chi connectivity index (χ4v) is 4.84. The fourth-order valence-electron chi connectivity index (χ4n) is 3.53. The average molecular weight is 471 g/mol. The minimum absolute atomic E-state index is 0.00753. The second-order valence-electron chi connectivity index (χ2n) is 7.47. The molecule has 1 aromatic heterocycles. The van der Waals surface area contributed by atoms with E-state index in [0.717, 1.165) is 18.4 Å². The molecule has 33 heavy (non-hydrogen) atoms. The zero-order valence-electron chi connectivity index (χ0n) is 18.5. The number of hydrogen-bond acceptors (Lipinski definition) is 8. The van der Waals surface area contributed by atoms with E-state index in [1.165, 1.54) is 12.1 Å². The normalized spacial score (nSPS) is 16.2. The molecule has 0 aliphatic carbocycles. The molecule has 1 aliphatic rings. The highest BCUT2D eigenvalue weighted by Crippen LogP contribution is 2.31. The van der Waals surface area contributed by atoms with Crippen LogP contribution in [0.2, 0.25) is 0 Å². The summed E-state index contributed by atoms with van der Waals surface area (Å²) in [5, 5.41) is 2.93. The van der Waals surface area contributed by atoms with E-state index < -0.39 is 9.84 Å². The summed E-state index contributed by atoms with van der Waals surface area (Å²) in [6.07, 6.45) is 5.28. The van der Waals surface area contributed by atoms with Crippen LogP contribution >= 0.6 is 0 Å². The summed E-state index contributed by atoms with van der Waals surface area (Å²) in [5.41, 5.74) is 0.812. The Bertz CT molecular complexity index is 1220. The summed E-state index contributed by atoms with van der Waals surface area (Å²) in [6.45, 7) is 1.14. The maximum absolute atomic E-state index is 13.2. The molecule has 174 valence electrons. The largest absolute Gasteiger partial charge is 0.493 e. The van der Waals surface area contributed by atoms with Crippen molar-refractivity contribution in [2.75, 3.05) is 32.7 Å². The third-order valence-electron chi connectivity index (χ3n) is 5.26. The highest BCUT2D eigenvalue weighted by molar-refractivity contribution is 7.91. The number of aromatic nitrogens is 1. The first-order valence-electron chi connectivity index (χ1n) is 10.6. The lowest BCUT2D eigenvalue weighted by Gasteiger charge is -2.10. The van der Waals surface area contributed by atoms with Crippen LogP contribution < -0.4 is 14.8 Å². The van der Waals surface area contributed by atoms with E-state index in [0.29, 0.717) is 24.7 Å². The molecule has 1 saturated heterocycles. The van der Waals surface area contributed by atoms with E-state index in [1.807, 2.05) is 6.07 Å². The second-order valence-corrected chi connectivity index (χ2v) is 9.33. The van der Waals surface area contributed by atoms with Crippen LogP contribution in [0.15, 0.2) is 62.9 Å². The molecular weight excluding hydrogens is 444 g/mol. The number of ether oxygens (including phenoxy) is 3. The molecule has 0 spiro atoms. The van der Waals surface area contributed by atoms with E-state index in [-0.39, 0.29) is 27.8 Å². The third-order valence-corrected chi connectivity index (χ3v) is 6.94. The lowest BCUT2D eigenvalue weighted by molar-refractivity contribution is 0.120. The molecule has 0 radical (unpaired) electrons. The number of sulfone groups is 1. The SMILES string of the molecule is COc1ccc(/C=C/c2nc(S(=O)(=O)c3ccccc3)c(NCC3CCCO3)o2)cc1OC. The molecule has 2 heterocycles. The van der Waals surface area contributed by atoms with Crippen molar-refractivity contribution in [1.29, 1.82) is 0 Å². The van der Waals surface area contributed by atoms with E-state index >= 15 is 0 Å². The lowest BCUT2D eigenvalue weighted by Crippen LogP contribution is -2.19. The second kappa shape index (κ2) is 10.1. The Morgan fingerprint density at radius 1 is 1.09 bits per heavy atom. The minimum Gasteiger partial charge on any atom is -0.493 e. The lowest BCUT2D eigenvalue weighted by atomic mass is 10.2. The van der Waals surface area contributed by atoms with Gasteiger partial charge in [0.25, 0.3) is 0 Å². The van der Waals surface area contributed by atoms with Crippen molar-refractivity contribution in [3.05, 3.63) is 60.0 Å². The van der Waals surface area contributed by atoms with Gasteiger partial charge in [-0.05, 0) is 48.7 Å². The predicted molar refractivity (Wildman–Crippen MR) is 124 cm³/mol. The Morgan fingerprint density at radius 2 is 1.88 bits per heavy atom. The van der Waals surface area contributed by atoms with Gasteiger partial charge in [0.15, 0.2) is 11.5 Å². The van der Waals surface area contributed by atoms with Crippen molar-refractivity contribution in [3.8, 4) is 11.5 Å². The number of methoxy groups -OCH3 is 2. The summed E-state index contributed by atoms with van der Waals surface area (Å²) >= 11 is 0. The van der Waals surface area contributed by atoms with Crippen molar-refractivity contribution >= 4 is 27.9 Å². The predicted octanol–water partition coefficient (Wildman–Crippen LogP) is 4.29. The topological polar surface area (TPSA) is 99.9 Å². The van der Waals surface area contributed by atoms with Crippen LogP contribution in [-0.2, 0) is 14.6 Å². The Labute approximate surface area is 193 Å². The molecular formula is C24H26N2O6S. The standard InChI is InChI=1S/C24H26N2O6S/c1-29-20-12-10-17(15-21(20)30-2)11-13-22-26-24(33(27,28)19-8-4-3-5-9-19)23(32-22)25-16-18-7-6-14-31-18/h3-5,8-13,15,18,25H,6-7,14,16H2,1-2H3/b13-11+. The quantitative estimate of drug-likeness (QED) is 0.495. The van der Waals surface area contributed by atoms with Gasteiger partial charge in [-0.25, -0.2) is 8.42 Å². The maximum atomic E-state index is 13.2. The number of nitrogens with zero attached hydrogens (tertiary/aromatic N) is 1. The monoisotopic (exact) mass is 470 g/mol. The minimum atomic E-state index is -3.88. The van der Waals surface area contributed by atoms with Gasteiger partial charge < -0.3 is 23.9 Å². The van der Waals surface area contributed by atoms with Crippen LogP contribution in [0, 0.1) is 0 Å². The van der Waals surface area contributed by atoms with Gasteiger partial charge in [0.05, 0.1) is 25.2 Å². The third kappa shape index (κ3) is 5.20. The van der Waals surface area contributed by atoms with E-state index in [1.54, 1.807) is 56.7 Å². The van der Waals surface area contributed by atoms with E-state index in [4.69, 9.17) is 18.6 Å². The molecule has 0 saturated carbocycles. The Morgan fingerprint density at radius 3 is 2.58 bits per heavy atom. The van der Waals surface area contributed by atoms with Crippen molar-refractivity contribution in [3.63, 3.8) is 0 Å². The van der Waals surface area contributed by atoms with Gasteiger partial charge in [-0.1, -0.05) is 24.3 Å². The zero-order chi connectivity index (χ0) is 23.3. The molecule has 4 rings (SSSR count). The van der Waals surface area contributed by atoms with Gasteiger partial charge in [-0.2, -0.15) is 4.98 Å². The molecule has 3 aromatic rings. The highest BCUT2D eigenvalue weighted by atomic mass is 32.2. The number of hydrogen-bond donors (Lipinski definition) is 1. The fraction of sp³-hybridized carbons (Fsp3) is 0.292. The first-order valence-corrected chi connectivity index (χ1v) is 12.1. The van der Waals surface area contributed by atoms with Gasteiger partial charge in [-0.3, -0.25) is 0 Å².